The Balaban J connectivity index is 1.84. The second-order valence-corrected chi connectivity index (χ2v) is 4.74. The van der Waals surface area contributed by atoms with E-state index in [9.17, 15) is 9.59 Å². The fourth-order valence-electron chi connectivity index (χ4n) is 2.25. The lowest BCUT2D eigenvalue weighted by atomic mass is 9.98. The molecule has 5 heteroatoms. The highest BCUT2D eigenvalue weighted by atomic mass is 16.4. The lowest BCUT2D eigenvalue weighted by Gasteiger charge is -2.30. The normalized spacial score (nSPS) is 18.9. The number of rotatable bonds is 4. The third kappa shape index (κ3) is 3.71. The third-order valence-electron chi connectivity index (χ3n) is 3.34. The molecule has 1 saturated heterocycles. The van der Waals surface area contributed by atoms with Crippen molar-refractivity contribution >= 4 is 17.6 Å². The molecule has 1 heterocycles. The van der Waals surface area contributed by atoms with Gasteiger partial charge < -0.3 is 15.3 Å². The topological polar surface area (TPSA) is 69.6 Å². The van der Waals surface area contributed by atoms with Crippen LogP contribution in [0.2, 0.25) is 0 Å². The number of aliphatic carboxylic acids is 1. The molecule has 102 valence electrons. The lowest BCUT2D eigenvalue weighted by molar-refractivity contribution is -0.145. The van der Waals surface area contributed by atoms with Crippen molar-refractivity contribution in [3.63, 3.8) is 0 Å². The molecule has 1 fully saturated rings. The van der Waals surface area contributed by atoms with E-state index in [1.807, 2.05) is 30.3 Å². The molecule has 0 spiro atoms. The Hall–Kier alpha value is -2.04. The first kappa shape index (κ1) is 13.4. The van der Waals surface area contributed by atoms with Gasteiger partial charge in [0.1, 0.15) is 0 Å². The number of nitrogens with one attached hydrogen (secondary N) is 1. The van der Waals surface area contributed by atoms with Gasteiger partial charge >= 0.3 is 5.97 Å². The highest BCUT2D eigenvalue weighted by molar-refractivity contribution is 5.81. The van der Waals surface area contributed by atoms with Crippen molar-refractivity contribution in [1.82, 2.24) is 4.90 Å². The molecule has 0 aromatic heterocycles. The highest BCUT2D eigenvalue weighted by Crippen LogP contribution is 2.16. The van der Waals surface area contributed by atoms with Gasteiger partial charge in [-0.05, 0) is 25.0 Å². The zero-order chi connectivity index (χ0) is 13.7. The summed E-state index contributed by atoms with van der Waals surface area (Å²) < 4.78 is 0. The predicted octanol–water partition coefficient (Wildman–Crippen LogP) is 1.42. The molecule has 5 nitrogen and oxygen atoms in total. The Labute approximate surface area is 112 Å². The van der Waals surface area contributed by atoms with E-state index in [1.54, 1.807) is 4.90 Å². The molecule has 0 radical (unpaired) electrons. The molecule has 1 atom stereocenters. The van der Waals surface area contributed by atoms with Crippen molar-refractivity contribution in [2.75, 3.05) is 25.0 Å². The molecule has 1 amide bonds. The number of likely N-dealkylation sites (tertiary alicyclic amines) is 1. The number of carbonyl (C=O) groups excluding carboxylic acids is 1. The van der Waals surface area contributed by atoms with Gasteiger partial charge in [0.25, 0.3) is 0 Å². The molecular weight excluding hydrogens is 244 g/mol. The fraction of sp³-hybridized carbons (Fsp3) is 0.429. The van der Waals surface area contributed by atoms with Gasteiger partial charge in [-0.25, -0.2) is 0 Å². The van der Waals surface area contributed by atoms with Crippen LogP contribution >= 0.6 is 0 Å². The molecule has 1 aliphatic heterocycles. The molecule has 0 unspecified atom stereocenters. The SMILES string of the molecule is O=C(O)[C@H]1CCCN(C(=O)CNc2ccccc2)C1. The zero-order valence-corrected chi connectivity index (χ0v) is 10.7. The van der Waals surface area contributed by atoms with Gasteiger partial charge in [-0.2, -0.15) is 0 Å². The van der Waals surface area contributed by atoms with E-state index in [0.29, 0.717) is 19.5 Å². The Morgan fingerprint density at radius 3 is 2.74 bits per heavy atom. The maximum atomic E-state index is 12.0. The number of benzene rings is 1. The molecule has 1 aromatic rings. The molecule has 19 heavy (non-hydrogen) atoms. The molecule has 1 aromatic carbocycles. The monoisotopic (exact) mass is 262 g/mol. The van der Waals surface area contributed by atoms with E-state index in [1.165, 1.54) is 0 Å². The summed E-state index contributed by atoms with van der Waals surface area (Å²) in [7, 11) is 0. The first-order chi connectivity index (χ1) is 9.16. The first-order valence-corrected chi connectivity index (χ1v) is 6.46. The standard InChI is InChI=1S/C14H18N2O3/c17-13(9-15-12-6-2-1-3-7-12)16-8-4-5-11(10-16)14(18)19/h1-3,6-7,11,15H,4-5,8-10H2,(H,18,19)/t11-/m0/s1. The van der Waals surface area contributed by atoms with Gasteiger partial charge in [-0.1, -0.05) is 18.2 Å². The van der Waals surface area contributed by atoms with Crippen molar-refractivity contribution < 1.29 is 14.7 Å². The Morgan fingerprint density at radius 2 is 2.05 bits per heavy atom. The maximum Gasteiger partial charge on any atom is 0.308 e. The summed E-state index contributed by atoms with van der Waals surface area (Å²) in [6.45, 7) is 1.18. The predicted molar refractivity (Wildman–Crippen MR) is 71.9 cm³/mol. The fourth-order valence-corrected chi connectivity index (χ4v) is 2.25. The van der Waals surface area contributed by atoms with Crippen molar-refractivity contribution in [2.24, 2.45) is 5.92 Å². The van der Waals surface area contributed by atoms with Crippen LogP contribution in [0.4, 0.5) is 5.69 Å². The van der Waals surface area contributed by atoms with Crippen LogP contribution < -0.4 is 5.32 Å². The summed E-state index contributed by atoms with van der Waals surface area (Å²) in [5.74, 6) is -1.28. The largest absolute Gasteiger partial charge is 0.481 e. The van der Waals surface area contributed by atoms with Gasteiger partial charge in [0.2, 0.25) is 5.91 Å². The number of carbonyl (C=O) groups is 2. The van der Waals surface area contributed by atoms with Gasteiger partial charge in [0.15, 0.2) is 0 Å². The molecule has 0 aliphatic carbocycles. The summed E-state index contributed by atoms with van der Waals surface area (Å²) in [5, 5.41) is 12.0. The quantitative estimate of drug-likeness (QED) is 0.861. The molecule has 2 rings (SSSR count). The smallest absolute Gasteiger partial charge is 0.308 e. The number of carboxylic acids is 1. The van der Waals surface area contributed by atoms with Crippen molar-refractivity contribution in [3.05, 3.63) is 30.3 Å². The van der Waals surface area contributed by atoms with Gasteiger partial charge in [-0.15, -0.1) is 0 Å². The average molecular weight is 262 g/mol. The van der Waals surface area contributed by atoms with Gasteiger partial charge in [0.05, 0.1) is 12.5 Å². The van der Waals surface area contributed by atoms with E-state index in [-0.39, 0.29) is 12.5 Å². The first-order valence-electron chi connectivity index (χ1n) is 6.46. The minimum atomic E-state index is -0.812. The number of hydrogen-bond acceptors (Lipinski definition) is 3. The van der Waals surface area contributed by atoms with E-state index in [4.69, 9.17) is 5.11 Å². The van der Waals surface area contributed by atoms with Crippen LogP contribution in [0.25, 0.3) is 0 Å². The third-order valence-corrected chi connectivity index (χ3v) is 3.34. The molecular formula is C14H18N2O3. The maximum absolute atomic E-state index is 12.0. The van der Waals surface area contributed by atoms with Crippen LogP contribution in [-0.4, -0.2) is 41.5 Å². The Bertz CT molecular complexity index is 447. The zero-order valence-electron chi connectivity index (χ0n) is 10.7. The summed E-state index contributed by atoms with van der Waals surface area (Å²) in [5.41, 5.74) is 0.891. The number of hydrogen-bond donors (Lipinski definition) is 2. The average Bonchev–Trinajstić information content (AvgIpc) is 2.46. The van der Waals surface area contributed by atoms with Crippen LogP contribution in [0.1, 0.15) is 12.8 Å². The lowest BCUT2D eigenvalue weighted by Crippen LogP contribution is -2.44. The number of anilines is 1. The van der Waals surface area contributed by atoms with Gasteiger partial charge in [0, 0.05) is 18.8 Å². The van der Waals surface area contributed by atoms with E-state index in [0.717, 1.165) is 12.1 Å². The van der Waals surface area contributed by atoms with Crippen LogP contribution in [0.15, 0.2) is 30.3 Å². The Morgan fingerprint density at radius 1 is 1.32 bits per heavy atom. The van der Waals surface area contributed by atoms with Crippen LogP contribution in [0.3, 0.4) is 0 Å². The second-order valence-electron chi connectivity index (χ2n) is 4.74. The van der Waals surface area contributed by atoms with Crippen LogP contribution in [-0.2, 0) is 9.59 Å². The van der Waals surface area contributed by atoms with Crippen molar-refractivity contribution in [3.8, 4) is 0 Å². The van der Waals surface area contributed by atoms with Crippen LogP contribution in [0.5, 0.6) is 0 Å². The summed E-state index contributed by atoms with van der Waals surface area (Å²) in [4.78, 5) is 24.6. The number of amides is 1. The van der Waals surface area contributed by atoms with E-state index in [2.05, 4.69) is 5.32 Å². The minimum Gasteiger partial charge on any atom is -0.481 e. The number of nitrogens with zero attached hydrogens (tertiary/aromatic N) is 1. The molecule has 2 N–H and O–H groups in total. The summed E-state index contributed by atoms with van der Waals surface area (Å²) >= 11 is 0. The summed E-state index contributed by atoms with van der Waals surface area (Å²) in [6, 6.07) is 9.49. The van der Waals surface area contributed by atoms with E-state index < -0.39 is 11.9 Å². The van der Waals surface area contributed by atoms with Gasteiger partial charge in [-0.3, -0.25) is 9.59 Å². The molecule has 1 aliphatic rings. The number of para-hydroxylation sites is 1. The highest BCUT2D eigenvalue weighted by Gasteiger charge is 2.27. The van der Waals surface area contributed by atoms with Crippen molar-refractivity contribution in [1.29, 1.82) is 0 Å². The van der Waals surface area contributed by atoms with E-state index >= 15 is 0 Å². The van der Waals surface area contributed by atoms with Crippen LogP contribution in [0, 0.1) is 5.92 Å². The minimum absolute atomic E-state index is 0.0465. The summed E-state index contributed by atoms with van der Waals surface area (Å²) in [6.07, 6.45) is 1.42. The second kappa shape index (κ2) is 6.22. The molecule has 0 bridgehead atoms. The van der Waals surface area contributed by atoms with Crippen molar-refractivity contribution in [2.45, 2.75) is 12.8 Å². The number of carboxylic acid groups (broad SMARTS) is 1. The molecule has 0 saturated carbocycles. The number of piperidine rings is 1. The Kier molecular flexibility index (Phi) is 4.39.